The van der Waals surface area contributed by atoms with Gasteiger partial charge in [0.15, 0.2) is 0 Å². The van der Waals surface area contributed by atoms with Crippen molar-refractivity contribution in [3.05, 3.63) is 17.7 Å². The van der Waals surface area contributed by atoms with E-state index in [9.17, 15) is 12.8 Å². The van der Waals surface area contributed by atoms with Crippen LogP contribution in [0.15, 0.2) is 17.0 Å². The van der Waals surface area contributed by atoms with Crippen molar-refractivity contribution in [2.75, 3.05) is 26.1 Å². The average Bonchev–Trinajstić information content (AvgIpc) is 2.32. The first-order chi connectivity index (χ1) is 8.42. The predicted molar refractivity (Wildman–Crippen MR) is 67.9 cm³/mol. The molecule has 0 aliphatic carbocycles. The second-order valence-electron chi connectivity index (χ2n) is 3.80. The number of hydrogen-bond acceptors (Lipinski definition) is 4. The summed E-state index contributed by atoms with van der Waals surface area (Å²) in [4.78, 5) is -0.0352. The summed E-state index contributed by atoms with van der Waals surface area (Å²) in [6.07, 6.45) is 0.128. The van der Waals surface area contributed by atoms with Gasteiger partial charge in [-0.15, -0.1) is 0 Å². The molecule has 0 heterocycles. The highest BCUT2D eigenvalue weighted by atomic mass is 32.2. The maximum atomic E-state index is 12.0. The average molecular weight is 276 g/mol. The molecule has 0 amide bonds. The van der Waals surface area contributed by atoms with Crippen LogP contribution in [0.4, 0.5) is 10.1 Å². The standard InChI is InChI=1S/C11H17FN2O3S/c1-8-6-10(17-2)11(7-9(8)13)18(15,16)14-5-3-4-12/h6-7,14H,3-5,13H2,1-2H3. The van der Waals surface area contributed by atoms with Crippen LogP contribution in [0, 0.1) is 6.92 Å². The summed E-state index contributed by atoms with van der Waals surface area (Å²) in [5.41, 5.74) is 6.78. The van der Waals surface area contributed by atoms with Gasteiger partial charge in [0.25, 0.3) is 0 Å². The summed E-state index contributed by atoms with van der Waals surface area (Å²) in [6, 6.07) is 2.89. The lowest BCUT2D eigenvalue weighted by atomic mass is 10.2. The van der Waals surface area contributed by atoms with Crippen molar-refractivity contribution in [3.63, 3.8) is 0 Å². The Kier molecular flexibility index (Phi) is 4.92. The van der Waals surface area contributed by atoms with Crippen molar-refractivity contribution in [2.45, 2.75) is 18.2 Å². The van der Waals surface area contributed by atoms with Gasteiger partial charge >= 0.3 is 0 Å². The number of anilines is 1. The molecule has 0 aliphatic heterocycles. The van der Waals surface area contributed by atoms with E-state index in [1.54, 1.807) is 13.0 Å². The number of methoxy groups -OCH3 is 1. The molecule has 3 N–H and O–H groups in total. The Morgan fingerprint density at radius 3 is 2.67 bits per heavy atom. The van der Waals surface area contributed by atoms with E-state index in [4.69, 9.17) is 10.5 Å². The Morgan fingerprint density at radius 1 is 1.44 bits per heavy atom. The minimum atomic E-state index is -3.74. The van der Waals surface area contributed by atoms with Crippen molar-refractivity contribution in [1.82, 2.24) is 4.72 Å². The lowest BCUT2D eigenvalue weighted by molar-refractivity contribution is 0.402. The molecule has 0 saturated heterocycles. The third-order valence-electron chi connectivity index (χ3n) is 2.44. The number of nitrogens with one attached hydrogen (secondary N) is 1. The van der Waals surface area contributed by atoms with Crippen LogP contribution in [0.3, 0.4) is 0 Å². The molecule has 0 saturated carbocycles. The smallest absolute Gasteiger partial charge is 0.244 e. The number of nitrogen functional groups attached to an aromatic ring is 1. The molecule has 0 fully saturated rings. The van der Waals surface area contributed by atoms with Crippen LogP contribution in [-0.4, -0.2) is 28.7 Å². The number of aryl methyl sites for hydroxylation is 1. The largest absolute Gasteiger partial charge is 0.495 e. The quantitative estimate of drug-likeness (QED) is 0.604. The van der Waals surface area contributed by atoms with Crippen molar-refractivity contribution in [3.8, 4) is 5.75 Å². The second kappa shape index (κ2) is 6.01. The summed E-state index contributed by atoms with van der Waals surface area (Å²) in [7, 11) is -2.36. The van der Waals surface area contributed by atoms with E-state index < -0.39 is 16.7 Å². The van der Waals surface area contributed by atoms with Crippen LogP contribution >= 0.6 is 0 Å². The fourth-order valence-electron chi connectivity index (χ4n) is 1.40. The van der Waals surface area contributed by atoms with Gasteiger partial charge in [0, 0.05) is 12.2 Å². The molecule has 0 unspecified atom stereocenters. The van der Waals surface area contributed by atoms with Gasteiger partial charge in [0.1, 0.15) is 10.6 Å². The first-order valence-electron chi connectivity index (χ1n) is 5.42. The second-order valence-corrected chi connectivity index (χ2v) is 5.54. The summed E-state index contributed by atoms with van der Waals surface area (Å²) >= 11 is 0. The van der Waals surface area contributed by atoms with Crippen molar-refractivity contribution < 1.29 is 17.5 Å². The predicted octanol–water partition coefficient (Wildman–Crippen LogP) is 1.22. The van der Waals surface area contributed by atoms with Gasteiger partial charge in [-0.25, -0.2) is 13.1 Å². The Labute approximate surface area is 106 Å². The van der Waals surface area contributed by atoms with Gasteiger partial charge in [-0.05, 0) is 31.0 Å². The topological polar surface area (TPSA) is 81.4 Å². The zero-order valence-electron chi connectivity index (χ0n) is 10.4. The molecular weight excluding hydrogens is 259 g/mol. The molecule has 1 rings (SSSR count). The molecule has 0 aromatic heterocycles. The number of alkyl halides is 1. The van der Waals surface area contributed by atoms with Crippen molar-refractivity contribution in [2.24, 2.45) is 0 Å². The maximum absolute atomic E-state index is 12.0. The van der Waals surface area contributed by atoms with E-state index in [1.165, 1.54) is 13.2 Å². The fraction of sp³-hybridized carbons (Fsp3) is 0.455. The normalized spacial score (nSPS) is 11.5. The number of benzene rings is 1. The number of rotatable bonds is 6. The van der Waals surface area contributed by atoms with Crippen LogP contribution in [0.5, 0.6) is 5.75 Å². The molecule has 0 aliphatic rings. The Hall–Kier alpha value is -1.34. The number of sulfonamides is 1. The van der Waals surface area contributed by atoms with Crippen LogP contribution in [-0.2, 0) is 10.0 Å². The molecular formula is C11H17FN2O3S. The zero-order chi connectivity index (χ0) is 13.8. The van der Waals surface area contributed by atoms with Crippen LogP contribution in [0.1, 0.15) is 12.0 Å². The third-order valence-corrected chi connectivity index (χ3v) is 3.93. The van der Waals surface area contributed by atoms with Crippen molar-refractivity contribution in [1.29, 1.82) is 0 Å². The molecule has 18 heavy (non-hydrogen) atoms. The van der Waals surface area contributed by atoms with E-state index in [2.05, 4.69) is 4.72 Å². The summed E-state index contributed by atoms with van der Waals surface area (Å²) in [6.45, 7) is 1.22. The molecule has 0 bridgehead atoms. The minimum absolute atomic E-state index is 0.0352. The molecule has 0 spiro atoms. The number of hydrogen-bond donors (Lipinski definition) is 2. The van der Waals surface area contributed by atoms with Gasteiger partial charge in [-0.1, -0.05) is 0 Å². The monoisotopic (exact) mass is 276 g/mol. The highest BCUT2D eigenvalue weighted by Gasteiger charge is 2.20. The van der Waals surface area contributed by atoms with Gasteiger partial charge in [-0.3, -0.25) is 4.39 Å². The molecule has 1 aromatic carbocycles. The minimum Gasteiger partial charge on any atom is -0.495 e. The fourth-order valence-corrected chi connectivity index (χ4v) is 2.66. The van der Waals surface area contributed by atoms with E-state index >= 15 is 0 Å². The molecule has 102 valence electrons. The van der Waals surface area contributed by atoms with Crippen LogP contribution < -0.4 is 15.2 Å². The van der Waals surface area contributed by atoms with Crippen molar-refractivity contribution >= 4 is 15.7 Å². The van der Waals surface area contributed by atoms with E-state index in [1.807, 2.05) is 0 Å². The van der Waals surface area contributed by atoms with E-state index in [0.717, 1.165) is 5.56 Å². The van der Waals surface area contributed by atoms with E-state index in [-0.39, 0.29) is 23.6 Å². The summed E-state index contributed by atoms with van der Waals surface area (Å²) in [5.74, 6) is 0.217. The molecule has 5 nitrogen and oxygen atoms in total. The first kappa shape index (κ1) is 14.7. The maximum Gasteiger partial charge on any atom is 0.244 e. The zero-order valence-corrected chi connectivity index (χ0v) is 11.2. The van der Waals surface area contributed by atoms with Crippen LogP contribution in [0.25, 0.3) is 0 Å². The summed E-state index contributed by atoms with van der Waals surface area (Å²) in [5, 5.41) is 0. The number of ether oxygens (including phenoxy) is 1. The SMILES string of the molecule is COc1cc(C)c(N)cc1S(=O)(=O)NCCCF. The number of nitrogens with two attached hydrogens (primary N) is 1. The molecule has 0 atom stereocenters. The highest BCUT2D eigenvalue weighted by Crippen LogP contribution is 2.28. The molecule has 1 aromatic rings. The molecule has 7 heteroatoms. The number of halogens is 1. The Bertz CT molecular complexity index is 517. The third kappa shape index (κ3) is 3.33. The lowest BCUT2D eigenvalue weighted by Gasteiger charge is -2.12. The van der Waals surface area contributed by atoms with Gasteiger partial charge in [0.2, 0.25) is 10.0 Å². The first-order valence-corrected chi connectivity index (χ1v) is 6.90. The summed E-state index contributed by atoms with van der Waals surface area (Å²) < 4.78 is 43.2. The van der Waals surface area contributed by atoms with Gasteiger partial charge < -0.3 is 10.5 Å². The Morgan fingerprint density at radius 2 is 2.11 bits per heavy atom. The highest BCUT2D eigenvalue weighted by molar-refractivity contribution is 7.89. The van der Waals surface area contributed by atoms with E-state index in [0.29, 0.717) is 5.69 Å². The molecule has 0 radical (unpaired) electrons. The van der Waals surface area contributed by atoms with Crippen LogP contribution in [0.2, 0.25) is 0 Å². The lowest BCUT2D eigenvalue weighted by Crippen LogP contribution is -2.25. The van der Waals surface area contributed by atoms with Gasteiger partial charge in [0.05, 0.1) is 13.8 Å². The Balaban J connectivity index is 3.11. The van der Waals surface area contributed by atoms with Gasteiger partial charge in [-0.2, -0.15) is 0 Å².